The number of aryl methyl sites for hydroxylation is 1. The Labute approximate surface area is 118 Å². The molecule has 2 unspecified atom stereocenters. The Morgan fingerprint density at radius 3 is 2.95 bits per heavy atom. The number of fused-ring (bicyclic) bond motifs is 1. The highest BCUT2D eigenvalue weighted by molar-refractivity contribution is 6.31. The van der Waals surface area contributed by atoms with Gasteiger partial charge < -0.3 is 10.3 Å². The van der Waals surface area contributed by atoms with Gasteiger partial charge in [0.15, 0.2) is 0 Å². The monoisotopic (exact) mass is 277 g/mol. The zero-order valence-corrected chi connectivity index (χ0v) is 12.0. The molecule has 3 nitrogen and oxygen atoms in total. The molecule has 2 atom stereocenters. The van der Waals surface area contributed by atoms with E-state index in [0.717, 1.165) is 48.3 Å². The maximum atomic E-state index is 6.12. The third kappa shape index (κ3) is 2.37. The van der Waals surface area contributed by atoms with Gasteiger partial charge in [-0.05, 0) is 43.9 Å². The highest BCUT2D eigenvalue weighted by Gasteiger charge is 2.27. The van der Waals surface area contributed by atoms with Crippen molar-refractivity contribution in [2.75, 3.05) is 0 Å². The smallest absolute Gasteiger partial charge is 0.113 e. The van der Waals surface area contributed by atoms with Gasteiger partial charge in [0.05, 0.1) is 11.0 Å². The van der Waals surface area contributed by atoms with Crippen LogP contribution in [0.15, 0.2) is 18.2 Å². The highest BCUT2D eigenvalue weighted by atomic mass is 35.5. The van der Waals surface area contributed by atoms with Crippen molar-refractivity contribution in [3.63, 3.8) is 0 Å². The van der Waals surface area contributed by atoms with Crippen LogP contribution in [0.25, 0.3) is 11.0 Å². The summed E-state index contributed by atoms with van der Waals surface area (Å²) in [7, 11) is 0. The van der Waals surface area contributed by atoms with E-state index < -0.39 is 0 Å². The minimum absolute atomic E-state index is 0.337. The summed E-state index contributed by atoms with van der Waals surface area (Å²) < 4.78 is 2.34. The number of hydrogen-bond acceptors (Lipinski definition) is 2. The Morgan fingerprint density at radius 2 is 2.26 bits per heavy atom. The number of rotatable bonds is 3. The molecule has 1 fully saturated rings. The molecule has 1 aliphatic rings. The normalized spacial score (nSPS) is 23.3. The van der Waals surface area contributed by atoms with Gasteiger partial charge in [0.25, 0.3) is 0 Å². The lowest BCUT2D eigenvalue weighted by Crippen LogP contribution is -2.15. The number of halogens is 1. The van der Waals surface area contributed by atoms with E-state index in [4.69, 9.17) is 22.3 Å². The fourth-order valence-corrected chi connectivity index (χ4v) is 3.30. The molecule has 0 aliphatic heterocycles. The van der Waals surface area contributed by atoms with Crippen molar-refractivity contribution in [2.45, 2.75) is 51.1 Å². The van der Waals surface area contributed by atoms with Gasteiger partial charge in [-0.25, -0.2) is 4.98 Å². The molecule has 1 saturated carbocycles. The molecule has 19 heavy (non-hydrogen) atoms. The first-order valence-electron chi connectivity index (χ1n) is 7.10. The minimum atomic E-state index is 0.337. The van der Waals surface area contributed by atoms with Gasteiger partial charge in [0.2, 0.25) is 0 Å². The summed E-state index contributed by atoms with van der Waals surface area (Å²) >= 11 is 6.12. The van der Waals surface area contributed by atoms with Crippen molar-refractivity contribution in [3.05, 3.63) is 29.0 Å². The van der Waals surface area contributed by atoms with E-state index in [9.17, 15) is 0 Å². The van der Waals surface area contributed by atoms with E-state index in [1.807, 2.05) is 18.2 Å². The number of hydrogen-bond donors (Lipinski definition) is 1. The Balaban J connectivity index is 2.09. The summed E-state index contributed by atoms with van der Waals surface area (Å²) in [5.41, 5.74) is 8.25. The van der Waals surface area contributed by atoms with Gasteiger partial charge in [-0.3, -0.25) is 0 Å². The van der Waals surface area contributed by atoms with Gasteiger partial charge in [-0.15, -0.1) is 0 Å². The van der Waals surface area contributed by atoms with Crippen LogP contribution in [-0.2, 0) is 6.54 Å². The molecule has 1 aromatic carbocycles. The first-order valence-corrected chi connectivity index (χ1v) is 7.48. The Hall–Kier alpha value is -1.06. The first-order chi connectivity index (χ1) is 9.19. The molecule has 2 N–H and O–H groups in total. The van der Waals surface area contributed by atoms with Crippen LogP contribution in [0.2, 0.25) is 5.02 Å². The van der Waals surface area contributed by atoms with Gasteiger partial charge >= 0.3 is 0 Å². The lowest BCUT2D eigenvalue weighted by Gasteiger charge is -2.13. The highest BCUT2D eigenvalue weighted by Crippen LogP contribution is 2.35. The molecule has 1 aliphatic carbocycles. The second-order valence-corrected chi connectivity index (χ2v) is 5.96. The standard InChI is InChI=1S/C15H20ClN3/c1-2-7-19-14-9-11(16)4-6-13(14)18-15(19)10-3-5-12(17)8-10/h4,6,9-10,12H,2-3,5,7-8,17H2,1H3. The van der Waals surface area contributed by atoms with Crippen molar-refractivity contribution in [3.8, 4) is 0 Å². The van der Waals surface area contributed by atoms with Crippen LogP contribution in [0, 0.1) is 0 Å². The Kier molecular flexibility index (Phi) is 3.50. The number of nitrogens with zero attached hydrogens (tertiary/aromatic N) is 2. The van der Waals surface area contributed by atoms with Crippen LogP contribution in [0.4, 0.5) is 0 Å². The van der Waals surface area contributed by atoms with E-state index in [1.54, 1.807) is 0 Å². The van der Waals surface area contributed by atoms with Gasteiger partial charge in [0, 0.05) is 23.5 Å². The maximum absolute atomic E-state index is 6.12. The molecule has 0 bridgehead atoms. The van der Waals surface area contributed by atoms with E-state index in [0.29, 0.717) is 12.0 Å². The van der Waals surface area contributed by atoms with E-state index in [1.165, 1.54) is 5.82 Å². The Bertz CT molecular complexity index is 590. The zero-order chi connectivity index (χ0) is 13.4. The molecule has 102 valence electrons. The molecule has 3 rings (SSSR count). The van der Waals surface area contributed by atoms with Crippen LogP contribution >= 0.6 is 11.6 Å². The third-order valence-corrected chi connectivity index (χ3v) is 4.26. The number of nitrogens with two attached hydrogens (primary N) is 1. The zero-order valence-electron chi connectivity index (χ0n) is 11.3. The summed E-state index contributed by atoms with van der Waals surface area (Å²) in [6.07, 6.45) is 4.42. The molecule has 0 radical (unpaired) electrons. The van der Waals surface area contributed by atoms with Crippen molar-refractivity contribution < 1.29 is 0 Å². The molecule has 1 aromatic heterocycles. The van der Waals surface area contributed by atoms with Crippen LogP contribution in [-0.4, -0.2) is 15.6 Å². The summed E-state index contributed by atoms with van der Waals surface area (Å²) in [6.45, 7) is 3.19. The van der Waals surface area contributed by atoms with Crippen LogP contribution in [0.5, 0.6) is 0 Å². The van der Waals surface area contributed by atoms with Gasteiger partial charge in [-0.1, -0.05) is 18.5 Å². The summed E-state index contributed by atoms with van der Waals surface area (Å²) in [5, 5.41) is 0.777. The molecule has 0 amide bonds. The summed E-state index contributed by atoms with van der Waals surface area (Å²) in [4.78, 5) is 4.84. The first kappa shape index (κ1) is 12.9. The fraction of sp³-hybridized carbons (Fsp3) is 0.533. The molecule has 4 heteroatoms. The average Bonchev–Trinajstić information content (AvgIpc) is 2.95. The SMILES string of the molecule is CCCn1c(C2CCC(N)C2)nc2ccc(Cl)cc21. The van der Waals surface area contributed by atoms with Gasteiger partial charge in [-0.2, -0.15) is 0 Å². The number of aromatic nitrogens is 2. The van der Waals surface area contributed by atoms with Crippen molar-refractivity contribution in [1.29, 1.82) is 0 Å². The molecule has 0 spiro atoms. The molecule has 1 heterocycles. The number of imidazole rings is 1. The van der Waals surface area contributed by atoms with E-state index in [-0.39, 0.29) is 0 Å². The quantitative estimate of drug-likeness (QED) is 0.930. The van der Waals surface area contributed by atoms with Crippen LogP contribution < -0.4 is 5.73 Å². The van der Waals surface area contributed by atoms with E-state index in [2.05, 4.69) is 11.5 Å². The second-order valence-electron chi connectivity index (χ2n) is 5.52. The average molecular weight is 278 g/mol. The second kappa shape index (κ2) is 5.14. The van der Waals surface area contributed by atoms with Crippen molar-refractivity contribution in [1.82, 2.24) is 9.55 Å². The lowest BCUT2D eigenvalue weighted by atomic mass is 10.1. The summed E-state index contributed by atoms with van der Waals surface area (Å²) in [5.74, 6) is 1.71. The topological polar surface area (TPSA) is 43.8 Å². The van der Waals surface area contributed by atoms with Gasteiger partial charge in [0.1, 0.15) is 5.82 Å². The largest absolute Gasteiger partial charge is 0.328 e. The third-order valence-electron chi connectivity index (χ3n) is 4.03. The van der Waals surface area contributed by atoms with Crippen molar-refractivity contribution in [2.24, 2.45) is 5.73 Å². The fourth-order valence-electron chi connectivity index (χ4n) is 3.14. The van der Waals surface area contributed by atoms with Crippen LogP contribution in [0.3, 0.4) is 0 Å². The number of benzene rings is 1. The molecule has 0 saturated heterocycles. The molecular weight excluding hydrogens is 258 g/mol. The van der Waals surface area contributed by atoms with Crippen molar-refractivity contribution >= 4 is 22.6 Å². The predicted octanol–water partition coefficient (Wildman–Crippen LogP) is 3.69. The maximum Gasteiger partial charge on any atom is 0.113 e. The molecular formula is C15H20ClN3. The Morgan fingerprint density at radius 1 is 1.42 bits per heavy atom. The van der Waals surface area contributed by atoms with Crippen LogP contribution in [0.1, 0.15) is 44.3 Å². The van der Waals surface area contributed by atoms with E-state index >= 15 is 0 Å². The predicted molar refractivity (Wildman–Crippen MR) is 79.6 cm³/mol. The molecule has 2 aromatic rings. The summed E-state index contributed by atoms with van der Waals surface area (Å²) in [6, 6.07) is 6.29. The minimum Gasteiger partial charge on any atom is -0.328 e. The lowest BCUT2D eigenvalue weighted by molar-refractivity contribution is 0.577.